The summed E-state index contributed by atoms with van der Waals surface area (Å²) in [6.45, 7) is 4.15. The van der Waals surface area contributed by atoms with Crippen LogP contribution in [0.2, 0.25) is 0 Å². The van der Waals surface area contributed by atoms with E-state index in [1.165, 1.54) is 11.8 Å². The number of benzene rings is 1. The number of thioether (sulfide) groups is 1. The minimum Gasteiger partial charge on any atom is -0.493 e. The molecule has 2 aliphatic rings. The Morgan fingerprint density at radius 1 is 1.25 bits per heavy atom. The van der Waals surface area contributed by atoms with Crippen LogP contribution in [0, 0.1) is 11.3 Å². The molecule has 0 fully saturated rings. The van der Waals surface area contributed by atoms with Gasteiger partial charge in [-0.1, -0.05) is 37.8 Å². The van der Waals surface area contributed by atoms with Crippen molar-refractivity contribution < 1.29 is 14.3 Å². The molecular formula is C20H24N4O3S. The van der Waals surface area contributed by atoms with E-state index in [2.05, 4.69) is 35.3 Å². The van der Waals surface area contributed by atoms with Gasteiger partial charge in [-0.15, -0.1) is 5.10 Å². The van der Waals surface area contributed by atoms with Crippen LogP contribution in [0.5, 0.6) is 11.5 Å². The van der Waals surface area contributed by atoms with E-state index < -0.39 is 0 Å². The Morgan fingerprint density at radius 3 is 2.68 bits per heavy atom. The molecule has 1 aliphatic carbocycles. The average molecular weight is 401 g/mol. The molecule has 0 spiro atoms. The molecule has 0 radical (unpaired) electrons. The second-order valence-electron chi connectivity index (χ2n) is 7.76. The van der Waals surface area contributed by atoms with Gasteiger partial charge >= 0.3 is 0 Å². The van der Waals surface area contributed by atoms with Gasteiger partial charge in [-0.25, -0.2) is 4.68 Å². The molecule has 2 heterocycles. The van der Waals surface area contributed by atoms with Crippen LogP contribution in [0.15, 0.2) is 35.1 Å². The quantitative estimate of drug-likeness (QED) is 0.787. The topological polar surface area (TPSA) is 78.3 Å². The van der Waals surface area contributed by atoms with Crippen LogP contribution >= 0.6 is 11.8 Å². The highest BCUT2D eigenvalue weighted by Gasteiger charge is 2.45. The first kappa shape index (κ1) is 18.9. The Bertz CT molecular complexity index is 966. The van der Waals surface area contributed by atoms with Crippen molar-refractivity contribution in [2.75, 3.05) is 25.8 Å². The van der Waals surface area contributed by atoms with Crippen molar-refractivity contribution in [1.29, 1.82) is 0 Å². The highest BCUT2D eigenvalue weighted by molar-refractivity contribution is 7.98. The van der Waals surface area contributed by atoms with E-state index in [1.54, 1.807) is 14.2 Å². The van der Waals surface area contributed by atoms with Gasteiger partial charge in [0.1, 0.15) is 5.78 Å². The van der Waals surface area contributed by atoms with Gasteiger partial charge in [-0.2, -0.15) is 4.98 Å². The molecule has 0 unspecified atom stereocenters. The molecule has 28 heavy (non-hydrogen) atoms. The number of ether oxygens (including phenoxy) is 2. The zero-order valence-corrected chi connectivity index (χ0v) is 17.5. The van der Waals surface area contributed by atoms with E-state index in [4.69, 9.17) is 9.47 Å². The number of nitrogens with one attached hydrogen (secondary N) is 1. The maximum Gasteiger partial charge on any atom is 0.227 e. The number of methoxy groups -OCH3 is 2. The van der Waals surface area contributed by atoms with E-state index >= 15 is 0 Å². The highest BCUT2D eigenvalue weighted by atomic mass is 32.2. The lowest BCUT2D eigenvalue weighted by atomic mass is 9.72. The molecular weight excluding hydrogens is 376 g/mol. The Morgan fingerprint density at radius 2 is 2.00 bits per heavy atom. The minimum absolute atomic E-state index is 0.192. The third kappa shape index (κ3) is 3.05. The fourth-order valence-electron chi connectivity index (χ4n) is 4.06. The van der Waals surface area contributed by atoms with Gasteiger partial charge in [-0.05, 0) is 29.4 Å². The SMILES string of the molecule is COc1ccc([C@H]2[C@@H]3C(=O)CC(C)(C)C=C3Nc3nc(SC)nn32)cc1OC. The Balaban J connectivity index is 1.90. The van der Waals surface area contributed by atoms with Gasteiger partial charge in [0, 0.05) is 12.1 Å². The Hall–Kier alpha value is -2.48. The Labute approximate surface area is 168 Å². The molecule has 1 N–H and O–H groups in total. The highest BCUT2D eigenvalue weighted by Crippen LogP contribution is 2.46. The molecule has 7 nitrogen and oxygen atoms in total. The van der Waals surface area contributed by atoms with Crippen molar-refractivity contribution in [3.8, 4) is 11.5 Å². The summed E-state index contributed by atoms with van der Waals surface area (Å²) in [4.78, 5) is 17.8. The molecule has 0 bridgehead atoms. The summed E-state index contributed by atoms with van der Waals surface area (Å²) in [7, 11) is 3.21. The lowest BCUT2D eigenvalue weighted by Gasteiger charge is -2.40. The number of fused-ring (bicyclic) bond motifs is 2. The lowest BCUT2D eigenvalue weighted by Crippen LogP contribution is -2.42. The average Bonchev–Trinajstić information content (AvgIpc) is 3.07. The van der Waals surface area contributed by atoms with E-state index in [1.807, 2.05) is 29.1 Å². The molecule has 0 saturated carbocycles. The molecule has 4 rings (SSSR count). The van der Waals surface area contributed by atoms with Crippen molar-refractivity contribution in [1.82, 2.24) is 14.8 Å². The second kappa shape index (κ2) is 6.84. The summed E-state index contributed by atoms with van der Waals surface area (Å²) in [5, 5.41) is 8.66. The van der Waals surface area contributed by atoms with Gasteiger partial charge in [0.05, 0.1) is 26.2 Å². The van der Waals surface area contributed by atoms with Crippen LogP contribution in [-0.4, -0.2) is 41.0 Å². The molecule has 148 valence electrons. The smallest absolute Gasteiger partial charge is 0.227 e. The molecule has 1 aromatic carbocycles. The summed E-state index contributed by atoms with van der Waals surface area (Å²) >= 11 is 1.48. The number of ketones is 1. The van der Waals surface area contributed by atoms with Gasteiger partial charge in [0.15, 0.2) is 11.5 Å². The molecule has 0 amide bonds. The predicted molar refractivity (Wildman–Crippen MR) is 108 cm³/mol. The summed E-state index contributed by atoms with van der Waals surface area (Å²) in [6.07, 6.45) is 4.59. The number of rotatable bonds is 4. The first-order valence-electron chi connectivity index (χ1n) is 9.12. The number of carbonyl (C=O) groups excluding carboxylic acids is 1. The monoisotopic (exact) mass is 400 g/mol. The fourth-order valence-corrected chi connectivity index (χ4v) is 4.41. The van der Waals surface area contributed by atoms with E-state index in [0.717, 1.165) is 11.3 Å². The maximum absolute atomic E-state index is 13.2. The zero-order valence-electron chi connectivity index (χ0n) is 16.6. The fraction of sp³-hybridized carbons (Fsp3) is 0.450. The number of hydrogen-bond donors (Lipinski definition) is 1. The van der Waals surface area contributed by atoms with E-state index in [9.17, 15) is 4.79 Å². The third-order valence-electron chi connectivity index (χ3n) is 5.24. The first-order valence-corrected chi connectivity index (χ1v) is 10.3. The number of aromatic nitrogens is 3. The molecule has 0 saturated heterocycles. The molecule has 1 aliphatic heterocycles. The number of allylic oxidation sites excluding steroid dienone is 2. The lowest BCUT2D eigenvalue weighted by molar-refractivity contribution is -0.125. The van der Waals surface area contributed by atoms with Gasteiger partial charge in [0.2, 0.25) is 11.1 Å². The van der Waals surface area contributed by atoms with Crippen LogP contribution in [0.3, 0.4) is 0 Å². The van der Waals surface area contributed by atoms with E-state index in [-0.39, 0.29) is 23.2 Å². The Kier molecular flexibility index (Phi) is 4.61. The molecule has 2 atom stereocenters. The largest absolute Gasteiger partial charge is 0.493 e. The molecule has 8 heteroatoms. The normalized spacial score (nSPS) is 22.6. The number of Topliss-reactive ketones (excluding diaryl/α,β-unsaturated/α-hetero) is 1. The van der Waals surface area contributed by atoms with Gasteiger partial charge < -0.3 is 14.8 Å². The summed E-state index contributed by atoms with van der Waals surface area (Å²) in [5.41, 5.74) is 1.64. The number of carbonyl (C=O) groups is 1. The predicted octanol–water partition coefficient (Wildman–Crippen LogP) is 3.53. The van der Waals surface area contributed by atoms with Crippen molar-refractivity contribution in [3.63, 3.8) is 0 Å². The van der Waals surface area contributed by atoms with E-state index in [0.29, 0.717) is 29.0 Å². The molecule has 2 aromatic rings. The van der Waals surface area contributed by atoms with Crippen molar-refractivity contribution in [3.05, 3.63) is 35.5 Å². The van der Waals surface area contributed by atoms with Gasteiger partial charge in [-0.3, -0.25) is 4.79 Å². The minimum atomic E-state index is -0.338. The summed E-state index contributed by atoms with van der Waals surface area (Å²) in [6, 6.07) is 5.46. The van der Waals surface area contributed by atoms with Crippen LogP contribution in [0.1, 0.15) is 31.9 Å². The maximum atomic E-state index is 13.2. The summed E-state index contributed by atoms with van der Waals surface area (Å²) in [5.74, 6) is 1.78. The van der Waals surface area contributed by atoms with Crippen molar-refractivity contribution in [2.24, 2.45) is 11.3 Å². The van der Waals surface area contributed by atoms with Crippen molar-refractivity contribution >= 4 is 23.5 Å². The first-order chi connectivity index (χ1) is 13.4. The molecule has 1 aromatic heterocycles. The van der Waals surface area contributed by atoms with Crippen molar-refractivity contribution in [2.45, 2.75) is 31.5 Å². The zero-order chi connectivity index (χ0) is 20.1. The number of anilines is 1. The van der Waals surface area contributed by atoms with Crippen LogP contribution < -0.4 is 14.8 Å². The van der Waals surface area contributed by atoms with Gasteiger partial charge in [0.25, 0.3) is 0 Å². The van der Waals surface area contributed by atoms with Crippen LogP contribution in [0.4, 0.5) is 5.95 Å². The second-order valence-corrected chi connectivity index (χ2v) is 8.53. The third-order valence-corrected chi connectivity index (χ3v) is 5.78. The standard InChI is InChI=1S/C20H24N4O3S/c1-20(2)9-12-16(13(25)10-20)17(24-18(21-12)22-19(23-24)28-5)11-6-7-14(26-3)15(8-11)27-4/h6-9,16-17H,10H2,1-5H3,(H,21,22,23)/t16-,17-/m0/s1. The van der Waals surface area contributed by atoms with Crippen LogP contribution in [-0.2, 0) is 4.79 Å². The number of hydrogen-bond acceptors (Lipinski definition) is 7. The number of nitrogens with zero attached hydrogens (tertiary/aromatic N) is 3. The summed E-state index contributed by atoms with van der Waals surface area (Å²) < 4.78 is 12.7. The van der Waals surface area contributed by atoms with Crippen LogP contribution in [0.25, 0.3) is 0 Å².